The molecule has 1 amide bonds. The van der Waals surface area contributed by atoms with E-state index in [0.29, 0.717) is 37.6 Å². The van der Waals surface area contributed by atoms with E-state index in [-0.39, 0.29) is 24.2 Å². The van der Waals surface area contributed by atoms with Crippen molar-refractivity contribution in [2.75, 3.05) is 41.7 Å². The monoisotopic (exact) mass is 368 g/mol. The molecule has 1 aromatic carbocycles. The van der Waals surface area contributed by atoms with Crippen molar-refractivity contribution in [2.24, 2.45) is 0 Å². The number of anilines is 2. The number of carbonyl (C=O) groups excluding carboxylic acids is 1. The van der Waals surface area contributed by atoms with Crippen molar-refractivity contribution in [2.45, 2.75) is 31.8 Å². The molecule has 0 aromatic heterocycles. The molecule has 2 aliphatic heterocycles. The second kappa shape index (κ2) is 8.16. The Morgan fingerprint density at radius 1 is 1.28 bits per heavy atom. The SMILES string of the molecule is O=C(CCOCC1CCCO1)Nc1ccc(N2CCCS2(=O)=O)cc1. The van der Waals surface area contributed by atoms with E-state index in [2.05, 4.69) is 5.32 Å². The van der Waals surface area contributed by atoms with Crippen LogP contribution in [0.2, 0.25) is 0 Å². The molecule has 0 aliphatic carbocycles. The van der Waals surface area contributed by atoms with Crippen molar-refractivity contribution < 1.29 is 22.7 Å². The predicted octanol–water partition coefficient (Wildman–Crippen LogP) is 1.75. The van der Waals surface area contributed by atoms with Crippen LogP contribution in [0.3, 0.4) is 0 Å². The minimum absolute atomic E-state index is 0.131. The van der Waals surface area contributed by atoms with E-state index in [1.165, 1.54) is 4.31 Å². The molecule has 1 aromatic rings. The summed E-state index contributed by atoms with van der Waals surface area (Å²) in [6, 6.07) is 6.86. The van der Waals surface area contributed by atoms with E-state index in [9.17, 15) is 13.2 Å². The summed E-state index contributed by atoms with van der Waals surface area (Å²) in [6.07, 6.45) is 3.17. The second-order valence-electron chi connectivity index (χ2n) is 6.30. The Balaban J connectivity index is 1.42. The van der Waals surface area contributed by atoms with Crippen LogP contribution in [0.1, 0.15) is 25.7 Å². The molecule has 1 N–H and O–H groups in total. The van der Waals surface area contributed by atoms with Crippen LogP contribution in [0.4, 0.5) is 11.4 Å². The van der Waals surface area contributed by atoms with Gasteiger partial charge in [-0.05, 0) is 43.5 Å². The van der Waals surface area contributed by atoms with Crippen LogP contribution in [0.25, 0.3) is 0 Å². The smallest absolute Gasteiger partial charge is 0.235 e. The molecular weight excluding hydrogens is 344 g/mol. The largest absolute Gasteiger partial charge is 0.378 e. The molecule has 1 atom stereocenters. The number of nitrogens with zero attached hydrogens (tertiary/aromatic N) is 1. The zero-order chi connectivity index (χ0) is 17.7. The van der Waals surface area contributed by atoms with Gasteiger partial charge in [0.05, 0.1) is 37.2 Å². The highest BCUT2D eigenvalue weighted by Crippen LogP contribution is 2.25. The third-order valence-electron chi connectivity index (χ3n) is 4.34. The van der Waals surface area contributed by atoms with Crippen LogP contribution in [0.5, 0.6) is 0 Å². The first-order valence-electron chi connectivity index (χ1n) is 8.64. The topological polar surface area (TPSA) is 84.9 Å². The molecule has 2 heterocycles. The zero-order valence-corrected chi connectivity index (χ0v) is 15.0. The van der Waals surface area contributed by atoms with Gasteiger partial charge in [-0.3, -0.25) is 9.10 Å². The van der Waals surface area contributed by atoms with E-state index in [0.717, 1.165) is 19.4 Å². The molecule has 0 spiro atoms. The molecule has 2 fully saturated rings. The van der Waals surface area contributed by atoms with Crippen molar-refractivity contribution in [1.29, 1.82) is 0 Å². The van der Waals surface area contributed by atoms with Crippen molar-refractivity contribution in [3.05, 3.63) is 24.3 Å². The Hall–Kier alpha value is -1.64. The van der Waals surface area contributed by atoms with Gasteiger partial charge in [0, 0.05) is 18.8 Å². The van der Waals surface area contributed by atoms with Gasteiger partial charge in [0.1, 0.15) is 0 Å². The lowest BCUT2D eigenvalue weighted by Gasteiger charge is -2.17. The van der Waals surface area contributed by atoms with Crippen LogP contribution in [0.15, 0.2) is 24.3 Å². The lowest BCUT2D eigenvalue weighted by molar-refractivity contribution is -0.117. The van der Waals surface area contributed by atoms with Gasteiger partial charge in [0.15, 0.2) is 0 Å². The highest BCUT2D eigenvalue weighted by molar-refractivity contribution is 7.93. The number of rotatable bonds is 7. The van der Waals surface area contributed by atoms with Gasteiger partial charge in [0.25, 0.3) is 0 Å². The molecule has 138 valence electrons. The van der Waals surface area contributed by atoms with Crippen molar-refractivity contribution >= 4 is 27.3 Å². The number of ether oxygens (including phenoxy) is 2. The number of hydrogen-bond acceptors (Lipinski definition) is 5. The molecule has 2 aliphatic rings. The molecule has 0 saturated carbocycles. The average molecular weight is 368 g/mol. The number of sulfonamides is 1. The molecule has 8 heteroatoms. The fourth-order valence-electron chi connectivity index (χ4n) is 3.02. The summed E-state index contributed by atoms with van der Waals surface area (Å²) in [5.41, 5.74) is 1.28. The van der Waals surface area contributed by atoms with Gasteiger partial charge in [0.2, 0.25) is 15.9 Å². The van der Waals surface area contributed by atoms with Gasteiger partial charge in [-0.2, -0.15) is 0 Å². The number of benzene rings is 1. The summed E-state index contributed by atoms with van der Waals surface area (Å²) in [5, 5.41) is 2.79. The van der Waals surface area contributed by atoms with E-state index in [1.807, 2.05) is 0 Å². The summed E-state index contributed by atoms with van der Waals surface area (Å²) in [6.45, 7) is 2.20. The van der Waals surface area contributed by atoms with Gasteiger partial charge < -0.3 is 14.8 Å². The molecule has 1 unspecified atom stereocenters. The Bertz CT molecular complexity index is 683. The second-order valence-corrected chi connectivity index (χ2v) is 8.31. The fraction of sp³-hybridized carbons (Fsp3) is 0.588. The van der Waals surface area contributed by atoms with E-state index in [4.69, 9.17) is 9.47 Å². The van der Waals surface area contributed by atoms with Gasteiger partial charge >= 0.3 is 0 Å². The van der Waals surface area contributed by atoms with Gasteiger partial charge in [-0.15, -0.1) is 0 Å². The number of hydrogen-bond donors (Lipinski definition) is 1. The van der Waals surface area contributed by atoms with Crippen molar-refractivity contribution in [1.82, 2.24) is 0 Å². The lowest BCUT2D eigenvalue weighted by atomic mass is 10.2. The Kier molecular flexibility index (Phi) is 5.93. The third-order valence-corrected chi connectivity index (χ3v) is 6.21. The van der Waals surface area contributed by atoms with Crippen LogP contribution in [-0.4, -0.2) is 52.5 Å². The molecule has 2 saturated heterocycles. The number of nitrogens with one attached hydrogen (secondary N) is 1. The molecule has 7 nitrogen and oxygen atoms in total. The highest BCUT2D eigenvalue weighted by Gasteiger charge is 2.28. The van der Waals surface area contributed by atoms with Crippen LogP contribution < -0.4 is 9.62 Å². The summed E-state index contributed by atoms with van der Waals surface area (Å²) in [7, 11) is -3.18. The average Bonchev–Trinajstić information content (AvgIpc) is 3.21. The molecule has 0 radical (unpaired) electrons. The van der Waals surface area contributed by atoms with Crippen LogP contribution in [-0.2, 0) is 24.3 Å². The summed E-state index contributed by atoms with van der Waals surface area (Å²) >= 11 is 0. The maximum Gasteiger partial charge on any atom is 0.235 e. The Labute approximate surface area is 148 Å². The predicted molar refractivity (Wildman–Crippen MR) is 95.2 cm³/mol. The fourth-order valence-corrected chi connectivity index (χ4v) is 4.58. The molecule has 3 rings (SSSR count). The Morgan fingerprint density at radius 3 is 2.72 bits per heavy atom. The summed E-state index contributed by atoms with van der Waals surface area (Å²) < 4.78 is 36.1. The van der Waals surface area contributed by atoms with Gasteiger partial charge in [-0.25, -0.2) is 8.42 Å². The maximum absolute atomic E-state index is 11.9. The first kappa shape index (κ1) is 18.2. The normalized spacial score (nSPS) is 22.2. The molecule has 0 bridgehead atoms. The van der Waals surface area contributed by atoms with E-state index < -0.39 is 10.0 Å². The van der Waals surface area contributed by atoms with E-state index in [1.54, 1.807) is 24.3 Å². The minimum Gasteiger partial charge on any atom is -0.378 e. The molecule has 25 heavy (non-hydrogen) atoms. The van der Waals surface area contributed by atoms with Gasteiger partial charge in [-0.1, -0.05) is 0 Å². The first-order valence-corrected chi connectivity index (χ1v) is 10.3. The van der Waals surface area contributed by atoms with Crippen molar-refractivity contribution in [3.8, 4) is 0 Å². The quantitative estimate of drug-likeness (QED) is 0.741. The first-order chi connectivity index (χ1) is 12.0. The van der Waals surface area contributed by atoms with E-state index >= 15 is 0 Å². The standard InChI is InChI=1S/C17H24N2O5S/c20-17(8-11-23-13-16-3-1-10-24-16)18-14-4-6-15(7-5-14)19-9-2-12-25(19,21)22/h4-7,16H,1-3,8-13H2,(H,18,20). The third kappa shape index (κ3) is 4.93. The summed E-state index contributed by atoms with van der Waals surface area (Å²) in [4.78, 5) is 11.9. The summed E-state index contributed by atoms with van der Waals surface area (Å²) in [5.74, 6) is 0.0612. The zero-order valence-electron chi connectivity index (χ0n) is 14.1. The number of carbonyl (C=O) groups is 1. The highest BCUT2D eigenvalue weighted by atomic mass is 32.2. The van der Waals surface area contributed by atoms with Crippen LogP contribution in [0, 0.1) is 0 Å². The Morgan fingerprint density at radius 2 is 2.08 bits per heavy atom. The van der Waals surface area contributed by atoms with Crippen LogP contribution >= 0.6 is 0 Å². The minimum atomic E-state index is -3.18. The van der Waals surface area contributed by atoms with Crippen molar-refractivity contribution in [3.63, 3.8) is 0 Å². The molecular formula is C17H24N2O5S. The maximum atomic E-state index is 11.9. The lowest BCUT2D eigenvalue weighted by Crippen LogP contribution is -2.25. The number of amides is 1.